The first-order valence-electron chi connectivity index (χ1n) is 10.7. The lowest BCUT2D eigenvalue weighted by atomic mass is 9.77. The van der Waals surface area contributed by atoms with E-state index in [0.717, 1.165) is 43.0 Å². The SMILES string of the molecule is COc1ccc([C@@H]2[C@H]3CCc4ccccc4C3=NN2C(=O)CN2CCOCC2)cc1. The number of hydrogen-bond acceptors (Lipinski definition) is 5. The molecule has 0 spiro atoms. The maximum atomic E-state index is 13.4. The number of hydrazone groups is 1. The first kappa shape index (κ1) is 19.3. The van der Waals surface area contributed by atoms with Gasteiger partial charge in [0.05, 0.1) is 38.6 Å². The summed E-state index contributed by atoms with van der Waals surface area (Å²) in [5.41, 5.74) is 4.67. The fraction of sp³-hybridized carbons (Fsp3) is 0.417. The van der Waals surface area contributed by atoms with Crippen molar-refractivity contribution >= 4 is 11.6 Å². The Morgan fingerprint density at radius 3 is 2.67 bits per heavy atom. The zero-order valence-corrected chi connectivity index (χ0v) is 17.3. The van der Waals surface area contributed by atoms with Crippen LogP contribution >= 0.6 is 0 Å². The van der Waals surface area contributed by atoms with E-state index in [1.807, 2.05) is 12.1 Å². The second-order valence-electron chi connectivity index (χ2n) is 8.13. The van der Waals surface area contributed by atoms with Crippen molar-refractivity contribution in [1.29, 1.82) is 0 Å². The van der Waals surface area contributed by atoms with Crippen molar-refractivity contribution in [3.05, 3.63) is 65.2 Å². The Morgan fingerprint density at radius 2 is 1.90 bits per heavy atom. The smallest absolute Gasteiger partial charge is 0.257 e. The Bertz CT molecular complexity index is 950. The largest absolute Gasteiger partial charge is 0.497 e. The lowest BCUT2D eigenvalue weighted by molar-refractivity contribution is -0.135. The molecule has 2 aromatic carbocycles. The number of methoxy groups -OCH3 is 1. The molecule has 0 N–H and O–H groups in total. The molecule has 5 rings (SSSR count). The number of aryl methyl sites for hydroxylation is 1. The van der Waals surface area contributed by atoms with Crippen LogP contribution in [-0.2, 0) is 16.0 Å². The molecule has 1 aliphatic carbocycles. The third-order valence-corrected chi connectivity index (χ3v) is 6.40. The van der Waals surface area contributed by atoms with Gasteiger partial charge >= 0.3 is 0 Å². The maximum absolute atomic E-state index is 13.4. The number of benzene rings is 2. The van der Waals surface area contributed by atoms with Gasteiger partial charge in [-0.3, -0.25) is 9.69 Å². The van der Waals surface area contributed by atoms with Crippen LogP contribution in [0.3, 0.4) is 0 Å². The molecule has 0 bridgehead atoms. The van der Waals surface area contributed by atoms with Crippen LogP contribution in [0.25, 0.3) is 0 Å². The Kier molecular flexibility index (Phi) is 5.27. The summed E-state index contributed by atoms with van der Waals surface area (Å²) in [7, 11) is 1.67. The summed E-state index contributed by atoms with van der Waals surface area (Å²) in [6.45, 7) is 3.31. The highest BCUT2D eigenvalue weighted by Crippen LogP contribution is 2.43. The molecule has 0 saturated carbocycles. The van der Waals surface area contributed by atoms with Gasteiger partial charge in [-0.15, -0.1) is 0 Å². The minimum atomic E-state index is -0.0761. The predicted molar refractivity (Wildman–Crippen MR) is 115 cm³/mol. The first-order valence-corrected chi connectivity index (χ1v) is 10.7. The van der Waals surface area contributed by atoms with Gasteiger partial charge in [0.15, 0.2) is 0 Å². The molecule has 156 valence electrons. The average molecular weight is 405 g/mol. The van der Waals surface area contributed by atoms with Crippen molar-refractivity contribution in [3.63, 3.8) is 0 Å². The molecule has 2 aliphatic heterocycles. The van der Waals surface area contributed by atoms with Gasteiger partial charge in [-0.25, -0.2) is 5.01 Å². The van der Waals surface area contributed by atoms with Crippen LogP contribution in [0, 0.1) is 5.92 Å². The number of carbonyl (C=O) groups is 1. The van der Waals surface area contributed by atoms with Gasteiger partial charge in [0.25, 0.3) is 5.91 Å². The van der Waals surface area contributed by atoms with Crippen LogP contribution in [0.15, 0.2) is 53.6 Å². The summed E-state index contributed by atoms with van der Waals surface area (Å²) >= 11 is 0. The van der Waals surface area contributed by atoms with E-state index in [-0.39, 0.29) is 17.9 Å². The van der Waals surface area contributed by atoms with Crippen LogP contribution in [0.2, 0.25) is 0 Å². The lowest BCUT2D eigenvalue weighted by Gasteiger charge is -2.31. The number of morpholine rings is 1. The Labute approximate surface area is 177 Å². The van der Waals surface area contributed by atoms with Crippen LogP contribution in [0.5, 0.6) is 5.75 Å². The molecule has 2 aromatic rings. The van der Waals surface area contributed by atoms with Crippen molar-refractivity contribution < 1.29 is 14.3 Å². The fourth-order valence-electron chi connectivity index (χ4n) is 4.83. The van der Waals surface area contributed by atoms with E-state index in [9.17, 15) is 4.79 Å². The topological polar surface area (TPSA) is 54.4 Å². The van der Waals surface area contributed by atoms with Crippen molar-refractivity contribution in [2.45, 2.75) is 18.9 Å². The minimum Gasteiger partial charge on any atom is -0.497 e. The van der Waals surface area contributed by atoms with Crippen molar-refractivity contribution in [2.24, 2.45) is 11.0 Å². The fourth-order valence-corrected chi connectivity index (χ4v) is 4.83. The molecule has 1 saturated heterocycles. The van der Waals surface area contributed by atoms with Gasteiger partial charge in [0.2, 0.25) is 0 Å². The second kappa shape index (κ2) is 8.20. The number of carbonyl (C=O) groups excluding carboxylic acids is 1. The standard InChI is InChI=1S/C24H27N3O3/c1-29-19-9-6-18(7-10-19)24-21-11-8-17-4-2-3-5-20(17)23(21)25-27(24)22(28)16-26-12-14-30-15-13-26/h2-7,9-10,21,24H,8,11-16H2,1H3/t21-,24+/m0/s1. The first-order chi connectivity index (χ1) is 14.7. The Morgan fingerprint density at radius 1 is 1.13 bits per heavy atom. The molecule has 1 amide bonds. The molecule has 6 heteroatoms. The Hall–Kier alpha value is -2.70. The van der Waals surface area contributed by atoms with E-state index < -0.39 is 0 Å². The number of nitrogens with zero attached hydrogens (tertiary/aromatic N) is 3. The highest BCUT2D eigenvalue weighted by molar-refractivity contribution is 6.06. The summed E-state index contributed by atoms with van der Waals surface area (Å²) in [5.74, 6) is 1.08. The molecule has 3 aliphatic rings. The highest BCUT2D eigenvalue weighted by Gasteiger charge is 2.43. The predicted octanol–water partition coefficient (Wildman–Crippen LogP) is 2.88. The third kappa shape index (κ3) is 3.50. The zero-order chi connectivity index (χ0) is 20.5. The van der Waals surface area contributed by atoms with Crippen molar-refractivity contribution in [3.8, 4) is 5.75 Å². The van der Waals surface area contributed by atoms with Gasteiger partial charge in [-0.05, 0) is 36.1 Å². The van der Waals surface area contributed by atoms with Crippen LogP contribution in [0.4, 0.5) is 0 Å². The number of fused-ring (bicyclic) bond motifs is 3. The van der Waals surface area contributed by atoms with Crippen molar-refractivity contribution in [1.82, 2.24) is 9.91 Å². The van der Waals surface area contributed by atoms with Gasteiger partial charge in [0.1, 0.15) is 5.75 Å². The van der Waals surface area contributed by atoms with Crippen molar-refractivity contribution in [2.75, 3.05) is 40.0 Å². The van der Waals surface area contributed by atoms with E-state index in [1.54, 1.807) is 12.1 Å². The van der Waals surface area contributed by atoms with Gasteiger partial charge in [-0.1, -0.05) is 36.4 Å². The van der Waals surface area contributed by atoms with E-state index in [2.05, 4.69) is 41.3 Å². The van der Waals surface area contributed by atoms with E-state index >= 15 is 0 Å². The molecule has 1 fully saturated rings. The summed E-state index contributed by atoms with van der Waals surface area (Å²) in [6.07, 6.45) is 2.01. The average Bonchev–Trinajstić information content (AvgIpc) is 3.20. The van der Waals surface area contributed by atoms with Crippen LogP contribution in [0.1, 0.15) is 29.2 Å². The van der Waals surface area contributed by atoms with E-state index in [4.69, 9.17) is 14.6 Å². The molecule has 6 nitrogen and oxygen atoms in total. The molecule has 2 heterocycles. The summed E-state index contributed by atoms with van der Waals surface area (Å²) in [4.78, 5) is 15.5. The summed E-state index contributed by atoms with van der Waals surface area (Å²) in [6, 6.07) is 16.4. The third-order valence-electron chi connectivity index (χ3n) is 6.40. The minimum absolute atomic E-state index is 0.0529. The number of rotatable bonds is 4. The van der Waals surface area contributed by atoms with Gasteiger partial charge in [0, 0.05) is 24.6 Å². The van der Waals surface area contributed by atoms with Crippen LogP contribution in [-0.4, -0.2) is 61.5 Å². The molecule has 30 heavy (non-hydrogen) atoms. The van der Waals surface area contributed by atoms with Gasteiger partial charge in [-0.2, -0.15) is 5.10 Å². The maximum Gasteiger partial charge on any atom is 0.257 e. The monoisotopic (exact) mass is 405 g/mol. The number of ether oxygens (including phenoxy) is 2. The molecular formula is C24H27N3O3. The zero-order valence-electron chi connectivity index (χ0n) is 17.3. The Balaban J connectivity index is 1.49. The molecule has 0 radical (unpaired) electrons. The van der Waals surface area contributed by atoms with E-state index in [0.29, 0.717) is 19.8 Å². The second-order valence-corrected chi connectivity index (χ2v) is 8.13. The van der Waals surface area contributed by atoms with E-state index in [1.165, 1.54) is 11.1 Å². The molecule has 2 atom stereocenters. The number of hydrogen-bond donors (Lipinski definition) is 0. The normalized spacial score (nSPS) is 23.5. The quantitative estimate of drug-likeness (QED) is 0.785. The molecular weight excluding hydrogens is 378 g/mol. The molecule has 0 aromatic heterocycles. The summed E-state index contributed by atoms with van der Waals surface area (Å²) in [5, 5.41) is 6.68. The molecule has 0 unspecified atom stereocenters. The number of amides is 1. The summed E-state index contributed by atoms with van der Waals surface area (Å²) < 4.78 is 10.8. The van der Waals surface area contributed by atoms with Gasteiger partial charge < -0.3 is 9.47 Å². The lowest BCUT2D eigenvalue weighted by Crippen LogP contribution is -2.44. The highest BCUT2D eigenvalue weighted by atomic mass is 16.5. The van der Waals surface area contributed by atoms with Crippen LogP contribution < -0.4 is 4.74 Å².